The first kappa shape index (κ1) is 17.6. The minimum atomic E-state index is -0.123. The number of hydrogen-bond acceptors (Lipinski definition) is 4. The fraction of sp³-hybridized carbons (Fsp3) is 0.500. The van der Waals surface area contributed by atoms with Gasteiger partial charge in [-0.3, -0.25) is 14.5 Å². The van der Waals surface area contributed by atoms with Gasteiger partial charge in [0, 0.05) is 38.1 Å². The molecule has 0 bridgehead atoms. The van der Waals surface area contributed by atoms with Crippen LogP contribution in [0.1, 0.15) is 13.3 Å². The topological polar surface area (TPSA) is 61.9 Å². The van der Waals surface area contributed by atoms with Gasteiger partial charge in [-0.15, -0.1) is 0 Å². The molecular formula is C16H22ClN3O3. The quantitative estimate of drug-likeness (QED) is 0.909. The number of nitrogens with one attached hydrogen (secondary N) is 1. The predicted octanol–water partition coefficient (Wildman–Crippen LogP) is 1.84. The molecule has 0 spiro atoms. The Bertz CT molecular complexity index is 580. The lowest BCUT2D eigenvalue weighted by atomic mass is 10.3. The highest BCUT2D eigenvalue weighted by molar-refractivity contribution is 6.31. The molecular weight excluding hydrogens is 318 g/mol. The van der Waals surface area contributed by atoms with Gasteiger partial charge in [-0.05, 0) is 24.6 Å². The summed E-state index contributed by atoms with van der Waals surface area (Å²) < 4.78 is 5.22. The van der Waals surface area contributed by atoms with Gasteiger partial charge in [0.1, 0.15) is 5.75 Å². The Labute approximate surface area is 141 Å². The van der Waals surface area contributed by atoms with Crippen molar-refractivity contribution in [2.75, 3.05) is 45.2 Å². The van der Waals surface area contributed by atoms with E-state index in [0.29, 0.717) is 29.5 Å². The zero-order chi connectivity index (χ0) is 16.8. The zero-order valence-corrected chi connectivity index (χ0v) is 14.2. The van der Waals surface area contributed by atoms with Crippen LogP contribution < -0.4 is 10.1 Å². The molecule has 1 saturated heterocycles. The number of halogens is 1. The molecule has 0 unspecified atom stereocenters. The van der Waals surface area contributed by atoms with Crippen molar-refractivity contribution in [2.45, 2.75) is 13.3 Å². The highest BCUT2D eigenvalue weighted by Gasteiger charge is 2.19. The molecule has 1 N–H and O–H groups in total. The zero-order valence-electron chi connectivity index (χ0n) is 13.5. The number of ether oxygens (including phenoxy) is 1. The maximum atomic E-state index is 12.3. The Balaban J connectivity index is 1.92. The van der Waals surface area contributed by atoms with Crippen molar-refractivity contribution in [3.05, 3.63) is 23.2 Å². The number of anilines is 1. The molecule has 6 nitrogen and oxygen atoms in total. The van der Waals surface area contributed by atoms with Crippen LogP contribution in [0.4, 0.5) is 5.69 Å². The van der Waals surface area contributed by atoms with Gasteiger partial charge in [0.05, 0.1) is 19.3 Å². The van der Waals surface area contributed by atoms with E-state index >= 15 is 0 Å². The first-order valence-corrected chi connectivity index (χ1v) is 7.98. The van der Waals surface area contributed by atoms with Crippen molar-refractivity contribution in [3.8, 4) is 5.75 Å². The van der Waals surface area contributed by atoms with Crippen molar-refractivity contribution in [2.24, 2.45) is 0 Å². The summed E-state index contributed by atoms with van der Waals surface area (Å²) in [7, 11) is 1.55. The molecule has 2 rings (SSSR count). The number of methoxy groups -OCH3 is 1. The van der Waals surface area contributed by atoms with Gasteiger partial charge in [-0.1, -0.05) is 11.6 Å². The fourth-order valence-corrected chi connectivity index (χ4v) is 2.79. The molecule has 1 aromatic carbocycles. The van der Waals surface area contributed by atoms with Gasteiger partial charge in [-0.2, -0.15) is 0 Å². The summed E-state index contributed by atoms with van der Waals surface area (Å²) in [6, 6.07) is 5.09. The van der Waals surface area contributed by atoms with Crippen LogP contribution in [0, 0.1) is 0 Å². The van der Waals surface area contributed by atoms with Crippen LogP contribution in [0.5, 0.6) is 5.75 Å². The average Bonchev–Trinajstić information content (AvgIpc) is 2.73. The second kappa shape index (κ2) is 8.17. The maximum absolute atomic E-state index is 12.3. The van der Waals surface area contributed by atoms with Crippen molar-refractivity contribution >= 4 is 29.1 Å². The van der Waals surface area contributed by atoms with Gasteiger partial charge in [0.2, 0.25) is 11.8 Å². The molecule has 1 aliphatic rings. The van der Waals surface area contributed by atoms with Crippen LogP contribution in [0.25, 0.3) is 0 Å². The highest BCUT2D eigenvalue weighted by atomic mass is 35.5. The molecule has 0 atom stereocenters. The first-order valence-electron chi connectivity index (χ1n) is 7.61. The van der Waals surface area contributed by atoms with E-state index in [4.69, 9.17) is 16.3 Å². The number of carbonyl (C=O) groups is 2. The molecule has 1 heterocycles. The third kappa shape index (κ3) is 5.11. The standard InChI is InChI=1S/C16H22ClN3O3/c1-12(21)20-7-3-6-19(8-9-20)11-16(22)18-14-10-13(17)4-5-15(14)23-2/h4-5,10H,3,6-9,11H2,1-2H3,(H,18,22). The highest BCUT2D eigenvalue weighted by Crippen LogP contribution is 2.27. The van der Waals surface area contributed by atoms with E-state index in [1.54, 1.807) is 32.2 Å². The van der Waals surface area contributed by atoms with E-state index in [9.17, 15) is 9.59 Å². The van der Waals surface area contributed by atoms with Crippen LogP contribution in [0.15, 0.2) is 18.2 Å². The Morgan fingerprint density at radius 2 is 2.04 bits per heavy atom. The van der Waals surface area contributed by atoms with Crippen LogP contribution in [0.3, 0.4) is 0 Å². The summed E-state index contributed by atoms with van der Waals surface area (Å²) in [6.45, 7) is 4.75. The van der Waals surface area contributed by atoms with Gasteiger partial charge in [0.15, 0.2) is 0 Å². The third-order valence-corrected chi connectivity index (χ3v) is 4.07. The lowest BCUT2D eigenvalue weighted by molar-refractivity contribution is -0.128. The SMILES string of the molecule is COc1ccc(Cl)cc1NC(=O)CN1CCCN(C(C)=O)CC1. The van der Waals surface area contributed by atoms with Gasteiger partial charge in [0.25, 0.3) is 0 Å². The number of hydrogen-bond donors (Lipinski definition) is 1. The number of carbonyl (C=O) groups excluding carboxylic acids is 2. The van der Waals surface area contributed by atoms with E-state index in [1.165, 1.54) is 0 Å². The average molecular weight is 340 g/mol. The largest absolute Gasteiger partial charge is 0.495 e. The Kier molecular flexibility index (Phi) is 6.24. The second-order valence-corrected chi connectivity index (χ2v) is 5.96. The van der Waals surface area contributed by atoms with Crippen molar-refractivity contribution < 1.29 is 14.3 Å². The van der Waals surface area contributed by atoms with Crippen LogP contribution in [-0.2, 0) is 9.59 Å². The Morgan fingerprint density at radius 1 is 1.26 bits per heavy atom. The van der Waals surface area contributed by atoms with E-state index in [-0.39, 0.29) is 18.4 Å². The molecule has 7 heteroatoms. The number of rotatable bonds is 4. The molecule has 1 fully saturated rings. The lowest BCUT2D eigenvalue weighted by Gasteiger charge is -2.20. The second-order valence-electron chi connectivity index (χ2n) is 5.53. The third-order valence-electron chi connectivity index (χ3n) is 3.84. The van der Waals surface area contributed by atoms with Gasteiger partial charge >= 0.3 is 0 Å². The van der Waals surface area contributed by atoms with Crippen molar-refractivity contribution in [1.29, 1.82) is 0 Å². The Morgan fingerprint density at radius 3 is 2.74 bits per heavy atom. The summed E-state index contributed by atoms with van der Waals surface area (Å²) >= 11 is 5.96. The van der Waals surface area contributed by atoms with E-state index in [2.05, 4.69) is 10.2 Å². The molecule has 0 saturated carbocycles. The molecule has 0 aliphatic carbocycles. The van der Waals surface area contributed by atoms with Crippen molar-refractivity contribution in [1.82, 2.24) is 9.80 Å². The van der Waals surface area contributed by atoms with Crippen LogP contribution >= 0.6 is 11.6 Å². The fourth-order valence-electron chi connectivity index (χ4n) is 2.61. The summed E-state index contributed by atoms with van der Waals surface area (Å²) in [5, 5.41) is 3.37. The molecule has 0 radical (unpaired) electrons. The first-order chi connectivity index (χ1) is 11.0. The summed E-state index contributed by atoms with van der Waals surface area (Å²) in [6.07, 6.45) is 0.868. The predicted molar refractivity (Wildman–Crippen MR) is 89.9 cm³/mol. The van der Waals surface area contributed by atoms with Crippen LogP contribution in [0.2, 0.25) is 5.02 Å². The number of benzene rings is 1. The molecule has 126 valence electrons. The molecule has 1 aromatic rings. The van der Waals surface area contributed by atoms with Crippen molar-refractivity contribution in [3.63, 3.8) is 0 Å². The minimum Gasteiger partial charge on any atom is -0.495 e. The molecule has 0 aromatic heterocycles. The van der Waals surface area contributed by atoms with Gasteiger partial charge < -0.3 is 15.0 Å². The van der Waals surface area contributed by atoms with E-state index in [0.717, 1.165) is 19.5 Å². The minimum absolute atomic E-state index is 0.0833. The van der Waals surface area contributed by atoms with Crippen LogP contribution in [-0.4, -0.2) is 61.4 Å². The summed E-state index contributed by atoms with van der Waals surface area (Å²) in [4.78, 5) is 27.5. The monoisotopic (exact) mass is 339 g/mol. The van der Waals surface area contributed by atoms with Gasteiger partial charge in [-0.25, -0.2) is 0 Å². The number of nitrogens with zero attached hydrogens (tertiary/aromatic N) is 2. The lowest BCUT2D eigenvalue weighted by Crippen LogP contribution is -2.37. The summed E-state index contributed by atoms with van der Waals surface area (Å²) in [5.74, 6) is 0.531. The normalized spacial score (nSPS) is 15.9. The Hall–Kier alpha value is -1.79. The molecule has 2 amide bonds. The maximum Gasteiger partial charge on any atom is 0.238 e. The smallest absolute Gasteiger partial charge is 0.238 e. The molecule has 23 heavy (non-hydrogen) atoms. The molecule has 1 aliphatic heterocycles. The number of amides is 2. The van der Waals surface area contributed by atoms with E-state index < -0.39 is 0 Å². The van der Waals surface area contributed by atoms with E-state index in [1.807, 2.05) is 4.90 Å². The summed E-state index contributed by atoms with van der Waals surface area (Å²) in [5.41, 5.74) is 0.560.